The van der Waals surface area contributed by atoms with Gasteiger partial charge in [0.15, 0.2) is 0 Å². The second-order valence-electron chi connectivity index (χ2n) is 7.58. The molecule has 0 aliphatic carbocycles. The Kier molecular flexibility index (Phi) is 4.61. The highest BCUT2D eigenvalue weighted by Crippen LogP contribution is 2.51. The number of rotatable bonds is 3. The summed E-state index contributed by atoms with van der Waals surface area (Å²) in [7, 11) is 3.16. The smallest absolute Gasteiger partial charge is 0.139 e. The maximum atomic E-state index is 11.3. The van der Waals surface area contributed by atoms with Crippen molar-refractivity contribution in [1.82, 2.24) is 0 Å². The summed E-state index contributed by atoms with van der Waals surface area (Å²) >= 11 is 0. The van der Waals surface area contributed by atoms with E-state index in [1.807, 2.05) is 38.1 Å². The zero-order valence-corrected chi connectivity index (χ0v) is 17.3. The van der Waals surface area contributed by atoms with Gasteiger partial charge in [0.05, 0.1) is 31.2 Å². The zero-order chi connectivity index (χ0) is 20.9. The topological polar surface area (TPSA) is 71.3 Å². The Bertz CT molecular complexity index is 1160. The lowest BCUT2D eigenvalue weighted by Crippen LogP contribution is -2.18. The average Bonchev–Trinajstić information content (AvgIpc) is 2.67. The van der Waals surface area contributed by atoms with Gasteiger partial charge in [0.25, 0.3) is 0 Å². The van der Waals surface area contributed by atoms with Crippen molar-refractivity contribution in [3.63, 3.8) is 0 Å². The maximum absolute atomic E-state index is 11.3. The molecule has 5 nitrogen and oxygen atoms in total. The van der Waals surface area contributed by atoms with E-state index in [1.54, 1.807) is 20.3 Å². The second kappa shape index (κ2) is 6.99. The summed E-state index contributed by atoms with van der Waals surface area (Å²) in [5.74, 6) is 1.24. The van der Waals surface area contributed by atoms with Crippen molar-refractivity contribution in [3.8, 4) is 34.1 Å². The number of aromatic hydroxyl groups is 2. The maximum Gasteiger partial charge on any atom is 0.139 e. The molecule has 3 aromatic carbocycles. The number of fused-ring (bicyclic) bond motifs is 2. The van der Waals surface area contributed by atoms with Gasteiger partial charge in [-0.25, -0.2) is 0 Å². The van der Waals surface area contributed by atoms with Crippen LogP contribution in [0, 0.1) is 6.92 Å². The number of nitrogens with zero attached hydrogens (tertiary/aromatic N) is 1. The van der Waals surface area contributed by atoms with Gasteiger partial charge in [-0.1, -0.05) is 18.2 Å². The predicted octanol–water partition coefficient (Wildman–Crippen LogP) is 5.00. The third kappa shape index (κ3) is 2.89. The van der Waals surface area contributed by atoms with E-state index >= 15 is 0 Å². The number of phenolic OH excluding ortho intramolecular Hbond substituents is 2. The molecule has 1 aliphatic heterocycles. The Morgan fingerprint density at radius 3 is 2.45 bits per heavy atom. The Labute approximate surface area is 170 Å². The van der Waals surface area contributed by atoms with E-state index in [-0.39, 0.29) is 17.5 Å². The molecule has 0 saturated heterocycles. The van der Waals surface area contributed by atoms with Crippen LogP contribution in [0.25, 0.3) is 21.9 Å². The van der Waals surface area contributed by atoms with Crippen LogP contribution in [0.1, 0.15) is 30.5 Å². The normalized spacial score (nSPS) is 15.8. The quantitative estimate of drug-likeness (QED) is 0.659. The summed E-state index contributed by atoms with van der Waals surface area (Å²) in [6, 6.07) is 9.52. The van der Waals surface area contributed by atoms with Crippen LogP contribution >= 0.6 is 0 Å². The molecule has 4 rings (SSSR count). The summed E-state index contributed by atoms with van der Waals surface area (Å²) in [5.41, 5.74) is 4.59. The molecule has 0 amide bonds. The van der Waals surface area contributed by atoms with Crippen molar-refractivity contribution < 1.29 is 19.7 Å². The fraction of sp³-hybridized carbons (Fsp3) is 0.292. The van der Waals surface area contributed by atoms with Gasteiger partial charge in [0.2, 0.25) is 0 Å². The Morgan fingerprint density at radius 2 is 1.76 bits per heavy atom. The van der Waals surface area contributed by atoms with Crippen molar-refractivity contribution in [2.75, 3.05) is 14.2 Å². The number of phenols is 2. The minimum atomic E-state index is 0.0600. The molecular weight excluding hydrogens is 366 g/mol. The third-order valence-corrected chi connectivity index (χ3v) is 5.61. The van der Waals surface area contributed by atoms with Crippen molar-refractivity contribution in [2.24, 2.45) is 4.99 Å². The molecule has 1 heterocycles. The van der Waals surface area contributed by atoms with Crippen molar-refractivity contribution >= 4 is 16.5 Å². The van der Waals surface area contributed by atoms with Crippen molar-refractivity contribution in [2.45, 2.75) is 33.2 Å². The van der Waals surface area contributed by atoms with Crippen molar-refractivity contribution in [3.05, 3.63) is 47.0 Å². The fourth-order valence-electron chi connectivity index (χ4n) is 4.48. The van der Waals surface area contributed by atoms with E-state index < -0.39 is 0 Å². The van der Waals surface area contributed by atoms with Crippen LogP contribution in [0.15, 0.2) is 35.3 Å². The lowest BCUT2D eigenvalue weighted by Gasteiger charge is -2.25. The van der Waals surface area contributed by atoms with Gasteiger partial charge in [0.1, 0.15) is 23.0 Å². The summed E-state index contributed by atoms with van der Waals surface area (Å²) in [6.07, 6.45) is 0.730. The molecule has 5 heteroatoms. The van der Waals surface area contributed by atoms with Crippen LogP contribution in [0.2, 0.25) is 0 Å². The molecule has 0 spiro atoms. The first kappa shape index (κ1) is 19.1. The van der Waals surface area contributed by atoms with Gasteiger partial charge < -0.3 is 19.7 Å². The number of aliphatic imine (C=N–C) groups is 1. The summed E-state index contributed by atoms with van der Waals surface area (Å²) in [4.78, 5) is 4.69. The van der Waals surface area contributed by atoms with Crippen LogP contribution in [0.4, 0.5) is 0 Å². The van der Waals surface area contributed by atoms with E-state index in [1.165, 1.54) is 0 Å². The number of aryl methyl sites for hydroxylation is 1. The molecule has 0 bridgehead atoms. The van der Waals surface area contributed by atoms with Gasteiger partial charge in [-0.15, -0.1) is 0 Å². The monoisotopic (exact) mass is 391 g/mol. The van der Waals surface area contributed by atoms with E-state index in [0.29, 0.717) is 28.0 Å². The van der Waals surface area contributed by atoms with Gasteiger partial charge in [-0.2, -0.15) is 0 Å². The van der Waals surface area contributed by atoms with E-state index in [2.05, 4.69) is 6.92 Å². The van der Waals surface area contributed by atoms with Crippen LogP contribution < -0.4 is 9.47 Å². The number of ether oxygens (including phenoxy) is 2. The minimum absolute atomic E-state index is 0.0600. The highest BCUT2D eigenvalue weighted by molar-refractivity contribution is 6.08. The number of benzene rings is 3. The van der Waals surface area contributed by atoms with Crippen LogP contribution in [-0.4, -0.2) is 36.2 Å². The molecule has 0 unspecified atom stereocenters. The lowest BCUT2D eigenvalue weighted by atomic mass is 9.86. The van der Waals surface area contributed by atoms with Gasteiger partial charge in [-0.05, 0) is 55.8 Å². The minimum Gasteiger partial charge on any atom is -0.507 e. The SMILES string of the molecule is COc1c2c(cc(O)c1-c1c(C)cc3cccc(OC)c3c1O)C[C@@H](C)N=C2C. The fourth-order valence-corrected chi connectivity index (χ4v) is 4.48. The molecule has 0 radical (unpaired) electrons. The average molecular weight is 391 g/mol. The molecule has 29 heavy (non-hydrogen) atoms. The highest BCUT2D eigenvalue weighted by Gasteiger charge is 2.28. The van der Waals surface area contributed by atoms with Gasteiger partial charge in [-0.3, -0.25) is 4.99 Å². The molecule has 0 saturated carbocycles. The Hall–Kier alpha value is -3.21. The van der Waals surface area contributed by atoms with E-state index in [9.17, 15) is 10.2 Å². The number of hydrogen-bond donors (Lipinski definition) is 2. The number of methoxy groups -OCH3 is 2. The van der Waals surface area contributed by atoms with Crippen LogP contribution in [0.5, 0.6) is 23.0 Å². The summed E-state index contributed by atoms with van der Waals surface area (Å²) in [5, 5.41) is 23.7. The largest absolute Gasteiger partial charge is 0.507 e. The zero-order valence-electron chi connectivity index (χ0n) is 17.3. The van der Waals surface area contributed by atoms with Crippen LogP contribution in [0.3, 0.4) is 0 Å². The number of hydrogen-bond acceptors (Lipinski definition) is 5. The Balaban J connectivity index is 2.11. The predicted molar refractivity (Wildman–Crippen MR) is 116 cm³/mol. The molecular formula is C24H25NO4. The molecule has 150 valence electrons. The lowest BCUT2D eigenvalue weighted by molar-refractivity contribution is 0.406. The van der Waals surface area contributed by atoms with Crippen LogP contribution in [-0.2, 0) is 6.42 Å². The van der Waals surface area contributed by atoms with Crippen molar-refractivity contribution in [1.29, 1.82) is 0 Å². The van der Waals surface area contributed by atoms with Gasteiger partial charge >= 0.3 is 0 Å². The highest BCUT2D eigenvalue weighted by atomic mass is 16.5. The molecule has 2 N–H and O–H groups in total. The third-order valence-electron chi connectivity index (χ3n) is 5.61. The molecule has 1 atom stereocenters. The molecule has 1 aliphatic rings. The first-order valence-corrected chi connectivity index (χ1v) is 9.64. The van der Waals surface area contributed by atoms with E-state index in [4.69, 9.17) is 14.5 Å². The first-order chi connectivity index (χ1) is 13.9. The second-order valence-corrected chi connectivity index (χ2v) is 7.58. The van der Waals surface area contributed by atoms with Gasteiger partial charge in [0, 0.05) is 16.8 Å². The Morgan fingerprint density at radius 1 is 1.00 bits per heavy atom. The molecule has 0 fully saturated rings. The summed E-state index contributed by atoms with van der Waals surface area (Å²) in [6.45, 7) is 5.92. The van der Waals surface area contributed by atoms with E-state index in [0.717, 1.165) is 34.2 Å². The first-order valence-electron chi connectivity index (χ1n) is 9.64. The molecule has 0 aromatic heterocycles. The summed E-state index contributed by atoms with van der Waals surface area (Å²) < 4.78 is 11.3. The molecule has 3 aromatic rings. The standard InChI is InChI=1S/C24H25NO4/c1-12-9-15-7-6-8-18(28-4)21(15)23(27)19(12)22-17(26)11-16-10-13(2)25-14(3)20(16)24(22)29-5/h6-9,11,13,26-27H,10H2,1-5H3/t13-/m1/s1.